The van der Waals surface area contributed by atoms with Crippen LogP contribution in [0.2, 0.25) is 0 Å². The number of amides is 3. The molecule has 7 fully saturated rings. The summed E-state index contributed by atoms with van der Waals surface area (Å²) in [6.07, 6.45) is 10.1. The molecule has 6 saturated heterocycles. The van der Waals surface area contributed by atoms with E-state index in [0.717, 1.165) is 167 Å². The molecule has 0 radical (unpaired) electrons. The van der Waals surface area contributed by atoms with E-state index in [9.17, 15) is 9.59 Å². The first-order valence-corrected chi connectivity index (χ1v) is 29.4. The number of aryl methyl sites for hydroxylation is 1. The summed E-state index contributed by atoms with van der Waals surface area (Å²) in [5, 5.41) is 9.30. The molecule has 1 saturated carbocycles. The van der Waals surface area contributed by atoms with E-state index in [1.165, 1.54) is 5.56 Å². The second-order valence-corrected chi connectivity index (χ2v) is 25.2. The lowest BCUT2D eigenvalue weighted by atomic mass is 9.83. The molecule has 6 bridgehead atoms. The van der Waals surface area contributed by atoms with E-state index in [-0.39, 0.29) is 66.1 Å². The molecular weight excluding hydrogens is 969 g/mol. The summed E-state index contributed by atoms with van der Waals surface area (Å²) in [4.78, 5) is 72.5. The Kier molecular flexibility index (Phi) is 14.5. The predicted molar refractivity (Wildman–Crippen MR) is 298 cm³/mol. The second kappa shape index (κ2) is 21.3. The second-order valence-electron chi connectivity index (χ2n) is 25.2. The molecule has 6 atom stereocenters. The van der Waals surface area contributed by atoms with E-state index in [4.69, 9.17) is 14.5 Å². The van der Waals surface area contributed by atoms with Crippen molar-refractivity contribution in [2.24, 2.45) is 16.7 Å². The highest BCUT2D eigenvalue weighted by atomic mass is 16.5. The summed E-state index contributed by atoms with van der Waals surface area (Å²) in [6.45, 7) is 21.5. The number of benzene rings is 2. The summed E-state index contributed by atoms with van der Waals surface area (Å²) < 4.78 is 14.7. The van der Waals surface area contributed by atoms with E-state index in [1.807, 2.05) is 4.90 Å². The molecule has 1 aliphatic carbocycles. The Morgan fingerprint density at radius 3 is 2.55 bits per heavy atom. The highest BCUT2D eigenvalue weighted by Crippen LogP contribution is 2.45. The lowest BCUT2D eigenvalue weighted by Crippen LogP contribution is -2.62. The summed E-state index contributed by atoms with van der Waals surface area (Å²) in [5.74, 6) is -0.188. The third-order valence-corrected chi connectivity index (χ3v) is 18.7. The molecule has 9 heterocycles. The molecule has 7 aliphatic heterocycles. The van der Waals surface area contributed by atoms with Gasteiger partial charge in [0.05, 0.1) is 61.2 Å². The van der Waals surface area contributed by atoms with Crippen molar-refractivity contribution in [2.75, 3.05) is 90.2 Å². The minimum atomic E-state index is -0.890. The van der Waals surface area contributed by atoms with Gasteiger partial charge in [-0.3, -0.25) is 39.0 Å². The van der Waals surface area contributed by atoms with Gasteiger partial charge in [-0.15, -0.1) is 0 Å². The van der Waals surface area contributed by atoms with Crippen LogP contribution in [0.5, 0.6) is 0 Å². The fourth-order valence-corrected chi connectivity index (χ4v) is 14.5. The van der Waals surface area contributed by atoms with Crippen molar-refractivity contribution in [3.05, 3.63) is 71.5 Å². The number of hydrogen-bond donors (Lipinski definition) is 3. The van der Waals surface area contributed by atoms with E-state index >= 15 is 9.59 Å². The van der Waals surface area contributed by atoms with Crippen molar-refractivity contribution >= 4 is 40.3 Å². The molecule has 412 valence electrons. The number of carbonyl (C=O) groups is 4. The fourth-order valence-electron chi connectivity index (χ4n) is 14.5. The number of aromatic nitrogens is 2. The molecule has 4 aromatic rings. The highest BCUT2D eigenvalue weighted by Gasteiger charge is 2.50. The average Bonchev–Trinajstić information content (AvgIpc) is 3.88. The number of rotatable bonds is 9. The van der Waals surface area contributed by atoms with Crippen LogP contribution in [0.25, 0.3) is 33.3 Å². The number of carbonyl (C=O) groups excluding carboxylic acids is 4. The smallest absolute Gasteiger partial charge is 0.324 e. The Morgan fingerprint density at radius 2 is 1.74 bits per heavy atom. The van der Waals surface area contributed by atoms with Crippen LogP contribution in [0, 0.1) is 16.7 Å². The van der Waals surface area contributed by atoms with Gasteiger partial charge < -0.3 is 34.5 Å². The van der Waals surface area contributed by atoms with Crippen LogP contribution in [-0.4, -0.2) is 168 Å². The molecule has 2 aromatic carbocycles. The third-order valence-electron chi connectivity index (χ3n) is 18.7. The maximum atomic E-state index is 15.2. The van der Waals surface area contributed by atoms with E-state index in [1.54, 1.807) is 5.01 Å². The van der Waals surface area contributed by atoms with E-state index in [0.29, 0.717) is 31.8 Å². The number of nitrogens with one attached hydrogen (secondary N) is 3. The number of cyclic esters (lactones) is 1. The number of piperazine rings is 1. The Bertz CT molecular complexity index is 2890. The van der Waals surface area contributed by atoms with Gasteiger partial charge in [-0.25, -0.2) is 5.43 Å². The Morgan fingerprint density at radius 1 is 0.922 bits per heavy atom. The van der Waals surface area contributed by atoms with Crippen LogP contribution >= 0.6 is 0 Å². The van der Waals surface area contributed by atoms with Crippen molar-refractivity contribution in [2.45, 2.75) is 141 Å². The first-order valence-electron chi connectivity index (χ1n) is 29.4. The minimum absolute atomic E-state index is 0.0286. The Hall–Kier alpha value is -5.39. The molecule has 16 heteroatoms. The molecule has 16 nitrogen and oxygen atoms in total. The molecule has 3 amide bonds. The summed E-state index contributed by atoms with van der Waals surface area (Å²) >= 11 is 0. The van der Waals surface area contributed by atoms with Crippen molar-refractivity contribution in [1.29, 1.82) is 0 Å². The molecular formula is C61H82N10O6. The number of anilines is 1. The lowest BCUT2D eigenvalue weighted by Gasteiger charge is -2.44. The van der Waals surface area contributed by atoms with Gasteiger partial charge in [0.2, 0.25) is 11.8 Å². The quantitative estimate of drug-likeness (QED) is 0.130. The molecule has 3 N–H and O–H groups in total. The van der Waals surface area contributed by atoms with E-state index < -0.39 is 17.5 Å². The van der Waals surface area contributed by atoms with Gasteiger partial charge in [-0.05, 0) is 111 Å². The van der Waals surface area contributed by atoms with Crippen LogP contribution in [0.3, 0.4) is 0 Å². The van der Waals surface area contributed by atoms with Crippen LogP contribution in [0.4, 0.5) is 5.69 Å². The number of esters is 1. The standard InChI is InChI=1S/C61H82N10O6/c1-6-70-52-17-16-43-29-46(52)48(55(70)47-30-44(32-63-53(47)39(2)3)67-24-23-66-25-26-76-35-45(66)34-67)31-60(4,5)38-77-59(75)49-15-10-20-71(65-49)58(74)50(28-40-11-9-14-42(43)27-40)64-56(72)54(41-12-7-8-13-41)68-21-18-61(36-68)19-22-69(37-61)57(73)51-33-62-51/h9,11,14,16-17,27,29-30,32,39,41,45,49-51,54,62,65H,6-8,10,12-13,15,18-26,28,31,33-38H2,1-5H3,(H,64,72)/t45-,49-,50-,51+,54-,61-/m0/s1. The number of nitrogens with zero attached hydrogens (tertiary/aromatic N) is 7. The molecule has 1 spiro atoms. The van der Waals surface area contributed by atoms with Crippen molar-refractivity contribution in [1.82, 2.24) is 45.3 Å². The van der Waals surface area contributed by atoms with Gasteiger partial charge in [0, 0.05) is 99.2 Å². The summed E-state index contributed by atoms with van der Waals surface area (Å²) in [6, 6.07) is 16.0. The predicted octanol–water partition coefficient (Wildman–Crippen LogP) is 6.14. The normalized spacial score (nSPS) is 27.8. The number of hydrazine groups is 1. The van der Waals surface area contributed by atoms with Crippen LogP contribution < -0.4 is 21.0 Å². The molecule has 0 unspecified atom stereocenters. The van der Waals surface area contributed by atoms with Crippen LogP contribution in [0.1, 0.15) is 109 Å². The van der Waals surface area contributed by atoms with Crippen LogP contribution in [-0.2, 0) is 48.0 Å². The zero-order chi connectivity index (χ0) is 53.2. The van der Waals surface area contributed by atoms with Gasteiger partial charge in [-0.2, -0.15) is 0 Å². The first kappa shape index (κ1) is 52.3. The van der Waals surface area contributed by atoms with Crippen molar-refractivity contribution < 1.29 is 28.7 Å². The topological polar surface area (TPSA) is 167 Å². The minimum Gasteiger partial charge on any atom is -0.464 e. The van der Waals surface area contributed by atoms with Gasteiger partial charge in [0.15, 0.2) is 0 Å². The van der Waals surface area contributed by atoms with Gasteiger partial charge >= 0.3 is 5.97 Å². The maximum absolute atomic E-state index is 15.2. The zero-order valence-corrected chi connectivity index (χ0v) is 46.3. The van der Waals surface area contributed by atoms with Crippen molar-refractivity contribution in [3.8, 4) is 22.4 Å². The van der Waals surface area contributed by atoms with Gasteiger partial charge in [0.25, 0.3) is 5.91 Å². The monoisotopic (exact) mass is 1050 g/mol. The first-order chi connectivity index (χ1) is 37.2. The highest BCUT2D eigenvalue weighted by molar-refractivity contribution is 5.96. The molecule has 8 aliphatic rings. The number of ether oxygens (including phenoxy) is 2. The zero-order valence-electron chi connectivity index (χ0n) is 46.3. The largest absolute Gasteiger partial charge is 0.464 e. The van der Waals surface area contributed by atoms with Crippen LogP contribution in [0.15, 0.2) is 54.7 Å². The number of hydrogen-bond acceptors (Lipinski definition) is 12. The number of likely N-dealkylation sites (tertiary alicyclic amines) is 2. The lowest BCUT2D eigenvalue weighted by molar-refractivity contribution is -0.155. The van der Waals surface area contributed by atoms with Gasteiger partial charge in [-0.1, -0.05) is 70.9 Å². The molecule has 12 rings (SSSR count). The Labute approximate surface area is 454 Å². The number of pyridine rings is 1. The summed E-state index contributed by atoms with van der Waals surface area (Å²) in [5.41, 5.74) is 12.7. The number of fused-ring (bicyclic) bond motifs is 7. The SMILES string of the molecule is CCn1c(-c2cc(N3CCN4CCOC[C@@H]4C3)cnc2C(C)C)c2c3cc(ccc31)-c1cccc(c1)C[C@H](NC(=O)[C@H](C1CCCC1)N1CC[C@]3(CCN(C(=O)[C@H]4CN4)C3)C1)C(=O)N1CCC[C@H](N1)C(=O)OCC(C)(C)C2. The molecule has 77 heavy (non-hydrogen) atoms. The fraction of sp³-hybridized carbons (Fsp3) is 0.623. The third kappa shape index (κ3) is 10.5. The maximum Gasteiger partial charge on any atom is 0.324 e. The van der Waals surface area contributed by atoms with Crippen molar-refractivity contribution in [3.63, 3.8) is 0 Å². The Balaban J connectivity index is 0.900. The average molecular weight is 1050 g/mol. The molecule has 2 aromatic heterocycles. The van der Waals surface area contributed by atoms with Gasteiger partial charge in [0.1, 0.15) is 12.1 Å². The van der Waals surface area contributed by atoms with E-state index in [2.05, 4.69) is 125 Å². The number of morpholine rings is 1. The summed E-state index contributed by atoms with van der Waals surface area (Å²) in [7, 11) is 0.